The third-order valence-electron chi connectivity index (χ3n) is 1.47. The van der Waals surface area contributed by atoms with Gasteiger partial charge in [-0.3, -0.25) is 0 Å². The van der Waals surface area contributed by atoms with Gasteiger partial charge in [0.1, 0.15) is 0 Å². The summed E-state index contributed by atoms with van der Waals surface area (Å²) in [7, 11) is 0. The summed E-state index contributed by atoms with van der Waals surface area (Å²) in [6.07, 6.45) is -0.00549. The Kier molecular flexibility index (Phi) is 4.71. The minimum atomic E-state index is -0.0937. The van der Waals surface area contributed by atoms with Crippen LogP contribution in [0.5, 0.6) is 0 Å². The van der Waals surface area contributed by atoms with Gasteiger partial charge in [0.05, 0.1) is 0 Å². The quantitative estimate of drug-likeness (QED) is 0.602. The predicted molar refractivity (Wildman–Crippen MR) is 57.9 cm³/mol. The van der Waals surface area contributed by atoms with E-state index in [0.29, 0.717) is 5.32 Å². The van der Waals surface area contributed by atoms with Crippen LogP contribution in [0.2, 0.25) is 5.32 Å². The van der Waals surface area contributed by atoms with Gasteiger partial charge in [0.2, 0.25) is 0 Å². The van der Waals surface area contributed by atoms with Gasteiger partial charge in [-0.05, 0) is 0 Å². The Bertz CT molecular complexity index is 283. The van der Waals surface area contributed by atoms with Crippen molar-refractivity contribution in [3.63, 3.8) is 0 Å². The zero-order valence-electron chi connectivity index (χ0n) is 8.40. The van der Waals surface area contributed by atoms with E-state index in [9.17, 15) is 4.79 Å². The maximum absolute atomic E-state index is 11.2. The fraction of sp³-hybridized carbons (Fsp3) is 0.364. The maximum atomic E-state index is 11.2. The van der Waals surface area contributed by atoms with E-state index in [2.05, 4.69) is 0 Å². The van der Waals surface area contributed by atoms with Crippen molar-refractivity contribution in [3.05, 3.63) is 30.3 Å². The summed E-state index contributed by atoms with van der Waals surface area (Å²) in [4.78, 5) is 11.2. The van der Waals surface area contributed by atoms with Gasteiger partial charge in [-0.25, -0.2) is 0 Å². The zero-order valence-corrected chi connectivity index (χ0v) is 10.1. The summed E-state index contributed by atoms with van der Waals surface area (Å²) in [5, 5.41) is 0.523. The Morgan fingerprint density at radius 2 is 2.00 bits per heavy atom. The molecular formula is C11H14O2Se. The van der Waals surface area contributed by atoms with Gasteiger partial charge >= 0.3 is 90.5 Å². The van der Waals surface area contributed by atoms with Crippen molar-refractivity contribution in [1.29, 1.82) is 0 Å². The number of benzene rings is 1. The first-order valence-electron chi connectivity index (χ1n) is 4.56. The Hall–Kier alpha value is -0.791. The number of hydrogen-bond acceptors (Lipinski definition) is 2. The van der Waals surface area contributed by atoms with Crippen LogP contribution in [-0.4, -0.2) is 27.0 Å². The molecule has 0 N–H and O–H groups in total. The van der Waals surface area contributed by atoms with Gasteiger partial charge in [0.15, 0.2) is 0 Å². The molecule has 0 aliphatic carbocycles. The van der Waals surface area contributed by atoms with Crippen molar-refractivity contribution in [2.45, 2.75) is 25.3 Å². The number of esters is 1. The topological polar surface area (TPSA) is 26.3 Å². The van der Waals surface area contributed by atoms with Crippen LogP contribution in [-0.2, 0) is 9.53 Å². The Balaban J connectivity index is 2.31. The molecule has 0 aromatic heterocycles. The molecule has 76 valence electrons. The number of hydrogen-bond donors (Lipinski definition) is 0. The average Bonchev–Trinajstić information content (AvgIpc) is 2.15. The first kappa shape index (κ1) is 11.3. The van der Waals surface area contributed by atoms with E-state index >= 15 is 0 Å². The summed E-state index contributed by atoms with van der Waals surface area (Å²) < 4.78 is 6.29. The van der Waals surface area contributed by atoms with Crippen LogP contribution in [0.15, 0.2) is 30.3 Å². The van der Waals surface area contributed by atoms with E-state index in [1.807, 2.05) is 44.2 Å². The number of rotatable bonds is 4. The van der Waals surface area contributed by atoms with E-state index in [0.717, 1.165) is 0 Å². The molecule has 0 aliphatic rings. The Morgan fingerprint density at radius 3 is 2.57 bits per heavy atom. The monoisotopic (exact) mass is 258 g/mol. The van der Waals surface area contributed by atoms with E-state index in [4.69, 9.17) is 4.74 Å². The van der Waals surface area contributed by atoms with Crippen LogP contribution in [0.1, 0.15) is 13.8 Å². The molecule has 3 heteroatoms. The van der Waals surface area contributed by atoms with Crippen molar-refractivity contribution < 1.29 is 9.53 Å². The van der Waals surface area contributed by atoms with Crippen LogP contribution in [0.3, 0.4) is 0 Å². The van der Waals surface area contributed by atoms with Gasteiger partial charge in [0, 0.05) is 0 Å². The second kappa shape index (κ2) is 5.84. The average molecular weight is 257 g/mol. The molecule has 14 heavy (non-hydrogen) atoms. The molecule has 1 rings (SSSR count). The molecule has 0 spiro atoms. The third-order valence-corrected chi connectivity index (χ3v) is 3.53. The number of carbonyl (C=O) groups is 1. The summed E-state index contributed by atoms with van der Waals surface area (Å²) >= 11 is 0.202. The first-order chi connectivity index (χ1) is 6.68. The van der Waals surface area contributed by atoms with E-state index in [1.54, 1.807) is 0 Å². The molecule has 0 amide bonds. The SMILES string of the molecule is CC(C)OC(=O)C[Se]c1ccccc1. The van der Waals surface area contributed by atoms with Crippen LogP contribution in [0.25, 0.3) is 0 Å². The van der Waals surface area contributed by atoms with Gasteiger partial charge in [-0.1, -0.05) is 0 Å². The van der Waals surface area contributed by atoms with Crippen LogP contribution in [0, 0.1) is 0 Å². The second-order valence-corrected chi connectivity index (χ2v) is 5.34. The molecule has 2 nitrogen and oxygen atoms in total. The summed E-state index contributed by atoms with van der Waals surface area (Å²) in [6, 6.07) is 10.0. The molecule has 0 fully saturated rings. The Morgan fingerprint density at radius 1 is 1.36 bits per heavy atom. The fourth-order valence-electron chi connectivity index (χ4n) is 0.956. The normalized spacial score (nSPS) is 10.2. The van der Waals surface area contributed by atoms with E-state index in [-0.39, 0.29) is 27.0 Å². The van der Waals surface area contributed by atoms with E-state index < -0.39 is 0 Å². The summed E-state index contributed by atoms with van der Waals surface area (Å²) in [6.45, 7) is 3.74. The third kappa shape index (κ3) is 4.45. The van der Waals surface area contributed by atoms with Gasteiger partial charge in [-0.15, -0.1) is 0 Å². The molecule has 0 saturated heterocycles. The predicted octanol–water partition coefficient (Wildman–Crippen LogP) is 1.39. The standard InChI is InChI=1S/C11H14O2Se/c1-9(2)13-11(12)8-14-10-6-4-3-5-7-10/h3-7,9H,8H2,1-2H3. The molecule has 1 aromatic rings. The van der Waals surface area contributed by atoms with Crippen LogP contribution >= 0.6 is 0 Å². The zero-order chi connectivity index (χ0) is 10.4. The molecule has 0 radical (unpaired) electrons. The van der Waals surface area contributed by atoms with Crippen molar-refractivity contribution in [3.8, 4) is 0 Å². The molecule has 0 bridgehead atoms. The molecule has 0 aliphatic heterocycles. The first-order valence-corrected chi connectivity index (χ1v) is 6.62. The summed E-state index contributed by atoms with van der Waals surface area (Å²) in [5.41, 5.74) is 0. The summed E-state index contributed by atoms with van der Waals surface area (Å²) in [5.74, 6) is -0.0937. The van der Waals surface area contributed by atoms with E-state index in [1.165, 1.54) is 4.46 Å². The second-order valence-electron chi connectivity index (χ2n) is 3.14. The van der Waals surface area contributed by atoms with Crippen molar-refractivity contribution >= 4 is 25.4 Å². The minimum absolute atomic E-state index is 0.00549. The van der Waals surface area contributed by atoms with Gasteiger partial charge in [-0.2, -0.15) is 0 Å². The molecule has 0 saturated carbocycles. The molecule has 0 atom stereocenters. The number of ether oxygens (including phenoxy) is 1. The van der Waals surface area contributed by atoms with Crippen molar-refractivity contribution in [1.82, 2.24) is 0 Å². The fourth-order valence-corrected chi connectivity index (χ4v) is 2.43. The van der Waals surface area contributed by atoms with Crippen molar-refractivity contribution in [2.24, 2.45) is 0 Å². The molecule has 0 heterocycles. The molecular weight excluding hydrogens is 243 g/mol. The van der Waals surface area contributed by atoms with Gasteiger partial charge < -0.3 is 0 Å². The van der Waals surface area contributed by atoms with Crippen LogP contribution in [0.4, 0.5) is 0 Å². The number of carbonyl (C=O) groups excluding carboxylic acids is 1. The van der Waals surface area contributed by atoms with Gasteiger partial charge in [0.25, 0.3) is 0 Å². The molecule has 0 unspecified atom stereocenters. The molecule has 1 aromatic carbocycles. The Labute approximate surface area is 90.8 Å². The van der Waals surface area contributed by atoms with Crippen LogP contribution < -0.4 is 4.46 Å². The van der Waals surface area contributed by atoms with Crippen molar-refractivity contribution in [2.75, 3.05) is 0 Å².